The van der Waals surface area contributed by atoms with Crippen molar-refractivity contribution in [3.8, 4) is 0 Å². The Hall–Kier alpha value is -2.69. The van der Waals surface area contributed by atoms with Crippen LogP contribution < -0.4 is 4.90 Å². The van der Waals surface area contributed by atoms with Gasteiger partial charge < -0.3 is 10.0 Å². The van der Waals surface area contributed by atoms with E-state index in [4.69, 9.17) is 0 Å². The molecule has 4 nitrogen and oxygen atoms in total. The zero-order valence-corrected chi connectivity index (χ0v) is 13.9. The lowest BCUT2D eigenvalue weighted by atomic mass is 9.77. The van der Waals surface area contributed by atoms with Crippen molar-refractivity contribution >= 4 is 17.9 Å². The molecule has 5 heteroatoms. The van der Waals surface area contributed by atoms with E-state index in [9.17, 15) is 14.3 Å². The predicted octanol–water partition coefficient (Wildman–Crippen LogP) is 4.00. The van der Waals surface area contributed by atoms with Crippen molar-refractivity contribution in [1.82, 2.24) is 4.98 Å². The topological polar surface area (TPSA) is 53.4 Å². The molecule has 2 heterocycles. The van der Waals surface area contributed by atoms with Crippen LogP contribution in [0.5, 0.6) is 0 Å². The molecule has 1 saturated heterocycles. The van der Waals surface area contributed by atoms with E-state index in [0.717, 1.165) is 5.56 Å². The molecular weight excluding hydrogens is 319 g/mol. The van der Waals surface area contributed by atoms with Gasteiger partial charge in [0.15, 0.2) is 11.6 Å². The Kier molecular flexibility index (Phi) is 5.12. The Bertz CT molecular complexity index is 763. The first-order valence-electron chi connectivity index (χ1n) is 8.41. The van der Waals surface area contributed by atoms with Gasteiger partial charge in [-0.15, -0.1) is 0 Å². The number of carbonyl (C=O) groups is 1. The number of halogens is 1. The lowest BCUT2D eigenvalue weighted by Crippen LogP contribution is -2.48. The summed E-state index contributed by atoms with van der Waals surface area (Å²) in [5.41, 5.74) is 0.111. The van der Waals surface area contributed by atoms with E-state index >= 15 is 0 Å². The third-order valence-corrected chi connectivity index (χ3v) is 4.69. The van der Waals surface area contributed by atoms with Crippen LogP contribution in [0.2, 0.25) is 0 Å². The van der Waals surface area contributed by atoms with E-state index in [1.54, 1.807) is 4.90 Å². The van der Waals surface area contributed by atoms with Crippen LogP contribution in [0.4, 0.5) is 10.2 Å². The van der Waals surface area contributed by atoms with Crippen LogP contribution in [0.3, 0.4) is 0 Å². The molecule has 130 valence electrons. The maximum atomic E-state index is 14.0. The molecule has 1 atom stereocenters. The summed E-state index contributed by atoms with van der Waals surface area (Å²) in [6.07, 6.45) is 7.05. The van der Waals surface area contributed by atoms with Gasteiger partial charge in [-0.3, -0.25) is 4.79 Å². The van der Waals surface area contributed by atoms with Crippen molar-refractivity contribution < 1.29 is 14.3 Å². The summed E-state index contributed by atoms with van der Waals surface area (Å²) in [4.78, 5) is 17.9. The summed E-state index contributed by atoms with van der Waals surface area (Å²) in [5.74, 6) is -1.02. The molecule has 1 aromatic carbocycles. The van der Waals surface area contributed by atoms with Gasteiger partial charge in [0, 0.05) is 19.3 Å². The highest BCUT2D eigenvalue weighted by molar-refractivity contribution is 5.76. The van der Waals surface area contributed by atoms with Crippen LogP contribution in [0.1, 0.15) is 24.8 Å². The molecule has 0 unspecified atom stereocenters. The number of piperidine rings is 1. The van der Waals surface area contributed by atoms with Gasteiger partial charge in [0.25, 0.3) is 0 Å². The van der Waals surface area contributed by atoms with E-state index in [0.29, 0.717) is 25.8 Å². The highest BCUT2D eigenvalue weighted by atomic mass is 19.1. The number of anilines is 1. The van der Waals surface area contributed by atoms with Crippen molar-refractivity contribution in [2.75, 3.05) is 18.0 Å². The number of carboxylic acid groups (broad SMARTS) is 1. The van der Waals surface area contributed by atoms with Crippen LogP contribution in [0, 0.1) is 11.2 Å². The number of nitrogens with zero attached hydrogens (tertiary/aromatic N) is 2. The molecule has 1 aromatic heterocycles. The molecule has 1 N–H and O–H groups in total. The van der Waals surface area contributed by atoms with Crippen LogP contribution in [0.25, 0.3) is 6.08 Å². The fourth-order valence-electron chi connectivity index (χ4n) is 3.34. The number of hydrogen-bond acceptors (Lipinski definition) is 3. The van der Waals surface area contributed by atoms with E-state index in [-0.39, 0.29) is 12.4 Å². The van der Waals surface area contributed by atoms with Gasteiger partial charge in [-0.25, -0.2) is 9.37 Å². The average Bonchev–Trinajstić information content (AvgIpc) is 2.63. The largest absolute Gasteiger partial charge is 0.481 e. The molecule has 0 amide bonds. The zero-order chi connectivity index (χ0) is 17.7. The highest BCUT2D eigenvalue weighted by Gasteiger charge is 2.42. The van der Waals surface area contributed by atoms with Gasteiger partial charge in [-0.05, 0) is 37.0 Å². The molecule has 0 saturated carbocycles. The van der Waals surface area contributed by atoms with Gasteiger partial charge >= 0.3 is 5.97 Å². The van der Waals surface area contributed by atoms with Crippen molar-refractivity contribution in [1.29, 1.82) is 0 Å². The molecule has 0 aliphatic carbocycles. The summed E-state index contributed by atoms with van der Waals surface area (Å²) in [6, 6.07) is 12.7. The summed E-state index contributed by atoms with van der Waals surface area (Å²) in [5, 5.41) is 9.85. The molecule has 1 fully saturated rings. The molecule has 0 bridgehead atoms. The van der Waals surface area contributed by atoms with Crippen molar-refractivity contribution in [3.05, 3.63) is 66.1 Å². The summed E-state index contributed by atoms with van der Waals surface area (Å²) >= 11 is 0. The number of rotatable bonds is 5. The maximum absolute atomic E-state index is 14.0. The summed E-state index contributed by atoms with van der Waals surface area (Å²) in [6.45, 7) is 0.876. The molecule has 0 spiro atoms. The minimum atomic E-state index is -0.923. The fraction of sp³-hybridized carbons (Fsp3) is 0.300. The lowest BCUT2D eigenvalue weighted by Gasteiger charge is -2.40. The number of aliphatic carboxylic acids is 1. The number of carboxylic acids is 1. The summed E-state index contributed by atoms with van der Waals surface area (Å²) in [7, 11) is 0. The molecule has 3 rings (SSSR count). The van der Waals surface area contributed by atoms with E-state index in [1.165, 1.54) is 18.3 Å². The maximum Gasteiger partial charge on any atom is 0.311 e. The van der Waals surface area contributed by atoms with Crippen LogP contribution in [-0.4, -0.2) is 29.1 Å². The van der Waals surface area contributed by atoms with Crippen LogP contribution in [-0.2, 0) is 4.79 Å². The van der Waals surface area contributed by atoms with Crippen LogP contribution >= 0.6 is 0 Å². The second-order valence-electron chi connectivity index (χ2n) is 6.44. The average molecular weight is 340 g/mol. The second kappa shape index (κ2) is 7.47. The Balaban J connectivity index is 1.79. The Morgan fingerprint density at radius 3 is 2.80 bits per heavy atom. The number of allylic oxidation sites excluding steroid dienone is 1. The molecule has 0 radical (unpaired) electrons. The SMILES string of the molecule is O=C(O)[C@@]1(C/C=C/c2ccccc2)CCCN(c2ncccc2F)C1. The van der Waals surface area contributed by atoms with Gasteiger partial charge in [-0.2, -0.15) is 0 Å². The van der Waals surface area contributed by atoms with Gasteiger partial charge in [-0.1, -0.05) is 42.5 Å². The fourth-order valence-corrected chi connectivity index (χ4v) is 3.34. The third kappa shape index (κ3) is 3.87. The number of aromatic nitrogens is 1. The van der Waals surface area contributed by atoms with Crippen molar-refractivity contribution in [2.24, 2.45) is 5.41 Å². The Morgan fingerprint density at radius 2 is 2.08 bits per heavy atom. The monoisotopic (exact) mass is 340 g/mol. The minimum Gasteiger partial charge on any atom is -0.481 e. The van der Waals surface area contributed by atoms with E-state index < -0.39 is 17.2 Å². The minimum absolute atomic E-state index is 0.236. The van der Waals surface area contributed by atoms with Gasteiger partial charge in [0.1, 0.15) is 0 Å². The first-order chi connectivity index (χ1) is 12.1. The van der Waals surface area contributed by atoms with Gasteiger partial charge in [0.2, 0.25) is 0 Å². The molecule has 1 aliphatic rings. The van der Waals surface area contributed by atoms with E-state index in [2.05, 4.69) is 4.98 Å². The Morgan fingerprint density at radius 1 is 1.28 bits per heavy atom. The van der Waals surface area contributed by atoms with Crippen molar-refractivity contribution in [2.45, 2.75) is 19.3 Å². The number of hydrogen-bond donors (Lipinski definition) is 1. The third-order valence-electron chi connectivity index (χ3n) is 4.69. The van der Waals surface area contributed by atoms with E-state index in [1.807, 2.05) is 42.5 Å². The lowest BCUT2D eigenvalue weighted by molar-refractivity contribution is -0.149. The van der Waals surface area contributed by atoms with Crippen LogP contribution in [0.15, 0.2) is 54.7 Å². The van der Waals surface area contributed by atoms with Gasteiger partial charge in [0.05, 0.1) is 5.41 Å². The summed E-state index contributed by atoms with van der Waals surface area (Å²) < 4.78 is 14.0. The number of pyridine rings is 1. The zero-order valence-electron chi connectivity index (χ0n) is 13.9. The number of benzene rings is 1. The normalized spacial score (nSPS) is 20.8. The predicted molar refractivity (Wildman–Crippen MR) is 95.8 cm³/mol. The standard InChI is InChI=1S/C20H21FN2O2/c21-17-10-5-13-22-18(17)23-14-6-12-20(15-23,19(24)25)11-4-9-16-7-2-1-3-8-16/h1-5,7-10,13H,6,11-12,14-15H2,(H,24,25)/b9-4+/t20-/m0/s1. The second-order valence-corrected chi connectivity index (χ2v) is 6.44. The molecule has 25 heavy (non-hydrogen) atoms. The first-order valence-corrected chi connectivity index (χ1v) is 8.41. The highest BCUT2D eigenvalue weighted by Crippen LogP contribution is 2.36. The van der Waals surface area contributed by atoms with Crippen molar-refractivity contribution in [3.63, 3.8) is 0 Å². The quantitative estimate of drug-likeness (QED) is 0.894. The molecule has 1 aliphatic heterocycles. The first kappa shape index (κ1) is 17.1. The molecular formula is C20H21FN2O2. The Labute approximate surface area is 146 Å². The molecule has 2 aromatic rings. The smallest absolute Gasteiger partial charge is 0.311 e.